The summed E-state index contributed by atoms with van der Waals surface area (Å²) >= 11 is 3.42. The maximum atomic E-state index is 12.6. The SMILES string of the molecule is C[C@@]1(O)CC[C@]2(C)[C@H]3CC[C@]4(C)[C@@H](C(=O)CBr)CC[C@H]4C3CC[C@]2(N)C1. The molecule has 0 aromatic heterocycles. The number of aliphatic hydroxyl groups is 1. The molecule has 4 saturated carbocycles. The summed E-state index contributed by atoms with van der Waals surface area (Å²) in [6, 6.07) is 0. The number of hydrogen-bond donors (Lipinski definition) is 2. The van der Waals surface area contributed by atoms with Crippen molar-refractivity contribution in [2.75, 3.05) is 5.33 Å². The fraction of sp³-hybridized carbons (Fsp3) is 0.955. The maximum Gasteiger partial charge on any atom is 0.147 e. The van der Waals surface area contributed by atoms with E-state index < -0.39 is 5.60 Å². The van der Waals surface area contributed by atoms with Crippen molar-refractivity contribution in [2.24, 2.45) is 40.2 Å². The zero-order valence-electron chi connectivity index (χ0n) is 16.7. The van der Waals surface area contributed by atoms with Crippen LogP contribution in [0.5, 0.6) is 0 Å². The molecule has 0 aromatic carbocycles. The van der Waals surface area contributed by atoms with Crippen LogP contribution >= 0.6 is 15.9 Å². The number of Topliss-reactive ketones (excluding diaryl/α,β-unsaturated/α-hetero) is 1. The first-order chi connectivity index (χ1) is 12.1. The largest absolute Gasteiger partial charge is 0.390 e. The summed E-state index contributed by atoms with van der Waals surface area (Å²) < 4.78 is 0. The van der Waals surface area contributed by atoms with Crippen LogP contribution in [0.4, 0.5) is 0 Å². The van der Waals surface area contributed by atoms with Gasteiger partial charge in [0.05, 0.1) is 10.9 Å². The van der Waals surface area contributed by atoms with Crippen molar-refractivity contribution in [3.05, 3.63) is 0 Å². The molecule has 4 aliphatic carbocycles. The van der Waals surface area contributed by atoms with Gasteiger partial charge < -0.3 is 10.8 Å². The lowest BCUT2D eigenvalue weighted by Gasteiger charge is -2.65. The molecule has 3 nitrogen and oxygen atoms in total. The minimum Gasteiger partial charge on any atom is -0.390 e. The summed E-state index contributed by atoms with van der Waals surface area (Å²) in [5.41, 5.74) is 6.52. The van der Waals surface area contributed by atoms with Gasteiger partial charge in [0, 0.05) is 11.5 Å². The lowest BCUT2D eigenvalue weighted by Crippen LogP contribution is -2.68. The number of rotatable bonds is 2. The molecule has 4 fully saturated rings. The van der Waals surface area contributed by atoms with Crippen LogP contribution in [-0.4, -0.2) is 27.4 Å². The Hall–Kier alpha value is 0.0700. The molecule has 1 unspecified atom stereocenters. The van der Waals surface area contributed by atoms with E-state index in [1.807, 2.05) is 6.92 Å². The van der Waals surface area contributed by atoms with Crippen molar-refractivity contribution in [3.63, 3.8) is 0 Å². The summed E-state index contributed by atoms with van der Waals surface area (Å²) in [6.07, 6.45) is 9.55. The minimum absolute atomic E-state index is 0.136. The van der Waals surface area contributed by atoms with Crippen LogP contribution < -0.4 is 5.73 Å². The highest BCUT2D eigenvalue weighted by atomic mass is 79.9. The Morgan fingerprint density at radius 2 is 1.77 bits per heavy atom. The molecule has 0 aliphatic heterocycles. The third-order valence-corrected chi connectivity index (χ3v) is 10.3. The number of hydrogen-bond acceptors (Lipinski definition) is 3. The molecule has 0 amide bonds. The van der Waals surface area contributed by atoms with Crippen molar-refractivity contribution in [3.8, 4) is 0 Å². The maximum absolute atomic E-state index is 12.6. The molecule has 0 saturated heterocycles. The molecule has 0 heterocycles. The highest BCUT2D eigenvalue weighted by molar-refractivity contribution is 9.09. The van der Waals surface area contributed by atoms with Gasteiger partial charge in [-0.1, -0.05) is 29.8 Å². The first-order valence-electron chi connectivity index (χ1n) is 10.7. The molecule has 8 atom stereocenters. The van der Waals surface area contributed by atoms with Crippen molar-refractivity contribution in [2.45, 2.75) is 89.7 Å². The van der Waals surface area contributed by atoms with Crippen LogP contribution in [-0.2, 0) is 4.79 Å². The fourth-order valence-corrected chi connectivity index (χ4v) is 8.59. The van der Waals surface area contributed by atoms with Gasteiger partial charge in [0.2, 0.25) is 0 Å². The van der Waals surface area contributed by atoms with E-state index in [1.165, 1.54) is 25.7 Å². The lowest BCUT2D eigenvalue weighted by molar-refractivity contribution is -0.159. The van der Waals surface area contributed by atoms with Crippen molar-refractivity contribution in [1.82, 2.24) is 0 Å². The minimum atomic E-state index is -0.606. The van der Waals surface area contributed by atoms with Gasteiger partial charge in [0.15, 0.2) is 0 Å². The number of nitrogens with two attached hydrogens (primary N) is 1. The molecule has 0 aromatic rings. The van der Waals surface area contributed by atoms with Gasteiger partial charge in [-0.2, -0.15) is 0 Å². The Kier molecular flexibility index (Phi) is 4.50. The van der Waals surface area contributed by atoms with E-state index in [0.717, 1.165) is 32.1 Å². The van der Waals surface area contributed by atoms with E-state index in [1.54, 1.807) is 0 Å². The Morgan fingerprint density at radius 3 is 2.46 bits per heavy atom. The molecular weight excluding hydrogens is 390 g/mol. The summed E-state index contributed by atoms with van der Waals surface area (Å²) in [7, 11) is 0. The van der Waals surface area contributed by atoms with Gasteiger partial charge in [0.1, 0.15) is 5.78 Å². The molecular formula is C22H36BrNO2. The predicted octanol–water partition coefficient (Wildman–Crippen LogP) is 4.44. The molecule has 3 N–H and O–H groups in total. The third-order valence-electron chi connectivity index (χ3n) is 9.72. The molecule has 0 bridgehead atoms. The quantitative estimate of drug-likeness (QED) is 0.642. The van der Waals surface area contributed by atoms with E-state index in [9.17, 15) is 9.90 Å². The van der Waals surface area contributed by atoms with E-state index >= 15 is 0 Å². The van der Waals surface area contributed by atoms with Gasteiger partial charge in [-0.05, 0) is 93.3 Å². The molecule has 0 spiro atoms. The van der Waals surface area contributed by atoms with E-state index in [2.05, 4.69) is 29.8 Å². The van der Waals surface area contributed by atoms with Gasteiger partial charge in [-0.3, -0.25) is 4.79 Å². The van der Waals surface area contributed by atoms with Crippen molar-refractivity contribution >= 4 is 21.7 Å². The second kappa shape index (κ2) is 6.03. The molecule has 4 aliphatic rings. The number of carbonyl (C=O) groups is 1. The number of ketones is 1. The van der Waals surface area contributed by atoms with Gasteiger partial charge in [-0.25, -0.2) is 0 Å². The molecule has 4 heteroatoms. The number of halogens is 1. The monoisotopic (exact) mass is 425 g/mol. The van der Waals surface area contributed by atoms with E-state index in [-0.39, 0.29) is 22.3 Å². The van der Waals surface area contributed by atoms with Crippen LogP contribution in [0.1, 0.15) is 78.6 Å². The zero-order chi connectivity index (χ0) is 19.0. The Balaban J connectivity index is 1.63. The normalized spacial score (nSPS) is 56.4. The lowest BCUT2D eigenvalue weighted by atomic mass is 9.41. The number of alkyl halides is 1. The highest BCUT2D eigenvalue weighted by Gasteiger charge is 2.65. The smallest absolute Gasteiger partial charge is 0.147 e. The first-order valence-corrected chi connectivity index (χ1v) is 11.8. The number of fused-ring (bicyclic) bond motifs is 5. The second-order valence-corrected chi connectivity index (χ2v) is 11.5. The average Bonchev–Trinajstić information content (AvgIpc) is 2.92. The summed E-state index contributed by atoms with van der Waals surface area (Å²) in [6.45, 7) is 6.81. The van der Waals surface area contributed by atoms with Crippen LogP contribution in [0.25, 0.3) is 0 Å². The summed E-state index contributed by atoms with van der Waals surface area (Å²) in [4.78, 5) is 12.6. The van der Waals surface area contributed by atoms with E-state index in [4.69, 9.17) is 5.73 Å². The topological polar surface area (TPSA) is 63.3 Å². The highest BCUT2D eigenvalue weighted by Crippen LogP contribution is 2.68. The van der Waals surface area contributed by atoms with Crippen molar-refractivity contribution < 1.29 is 9.90 Å². The van der Waals surface area contributed by atoms with Crippen LogP contribution in [0.15, 0.2) is 0 Å². The van der Waals surface area contributed by atoms with E-state index in [0.29, 0.717) is 28.9 Å². The summed E-state index contributed by atoms with van der Waals surface area (Å²) in [5.74, 6) is 2.72. The van der Waals surface area contributed by atoms with Gasteiger partial charge in [-0.15, -0.1) is 0 Å². The van der Waals surface area contributed by atoms with Crippen LogP contribution in [0, 0.1) is 34.5 Å². The zero-order valence-corrected chi connectivity index (χ0v) is 18.3. The molecule has 26 heavy (non-hydrogen) atoms. The summed E-state index contributed by atoms with van der Waals surface area (Å²) in [5, 5.41) is 11.2. The molecule has 0 radical (unpaired) electrons. The first kappa shape index (κ1) is 19.4. The second-order valence-electron chi connectivity index (χ2n) is 10.9. The Morgan fingerprint density at radius 1 is 1.04 bits per heavy atom. The fourth-order valence-electron chi connectivity index (χ4n) is 8.20. The average molecular weight is 426 g/mol. The van der Waals surface area contributed by atoms with Crippen LogP contribution in [0.2, 0.25) is 0 Å². The molecule has 4 rings (SSSR count). The van der Waals surface area contributed by atoms with Crippen LogP contribution in [0.3, 0.4) is 0 Å². The predicted molar refractivity (Wildman–Crippen MR) is 108 cm³/mol. The molecule has 148 valence electrons. The Labute approximate surface area is 167 Å². The van der Waals surface area contributed by atoms with Gasteiger partial charge in [0.25, 0.3) is 0 Å². The standard InChI is InChI=1S/C22H36BrNO2/c1-19(26)10-11-21(3)16-7-8-20(2)15(4-5-17(20)18(25)12-23)14(16)6-9-22(21,24)13-19/h14-17,26H,4-13,24H2,1-3H3/t14?,15-,16-,17+,19+,20-,21+,22-/m0/s1. The van der Waals surface area contributed by atoms with Crippen molar-refractivity contribution in [1.29, 1.82) is 0 Å². The van der Waals surface area contributed by atoms with Gasteiger partial charge >= 0.3 is 0 Å². The third kappa shape index (κ3) is 2.54. The Bertz CT molecular complexity index is 607. The number of carbonyl (C=O) groups excluding carboxylic acids is 1.